The second-order valence-electron chi connectivity index (χ2n) is 8.09. The van der Waals surface area contributed by atoms with E-state index >= 15 is 0 Å². The highest BCUT2D eigenvalue weighted by Crippen LogP contribution is 2.28. The number of carbonyl (C=O) groups excluding carboxylic acids is 1. The number of fused-ring (bicyclic) bond motifs is 1. The van der Waals surface area contributed by atoms with Crippen LogP contribution in [-0.2, 0) is 36.7 Å². The van der Waals surface area contributed by atoms with Crippen molar-refractivity contribution in [1.82, 2.24) is 23.3 Å². The van der Waals surface area contributed by atoms with E-state index in [9.17, 15) is 19.6 Å². The number of anilines is 1. The molecule has 1 aliphatic heterocycles. The normalized spacial score (nSPS) is 15.9. The first-order valence-electron chi connectivity index (χ1n) is 10.4. The van der Waals surface area contributed by atoms with Crippen molar-refractivity contribution in [2.75, 3.05) is 11.9 Å². The largest absolute Gasteiger partial charge is 0.376 e. The summed E-state index contributed by atoms with van der Waals surface area (Å²) in [5, 5.41) is 12.5. The van der Waals surface area contributed by atoms with Gasteiger partial charge in [0, 0.05) is 26.4 Å². The summed E-state index contributed by atoms with van der Waals surface area (Å²) in [6.45, 7) is 4.82. The van der Waals surface area contributed by atoms with Crippen molar-refractivity contribution in [3.8, 4) is 6.07 Å². The van der Waals surface area contributed by atoms with E-state index in [0.717, 1.165) is 28.7 Å². The highest BCUT2D eigenvalue weighted by molar-refractivity contribution is 5.92. The summed E-state index contributed by atoms with van der Waals surface area (Å²) in [5.74, 6) is 0.00974. The third-order valence-electron chi connectivity index (χ3n) is 6.14. The van der Waals surface area contributed by atoms with Crippen molar-refractivity contribution >= 4 is 22.9 Å². The average molecular weight is 439 g/mol. The van der Waals surface area contributed by atoms with Crippen molar-refractivity contribution in [3.05, 3.63) is 44.0 Å². The minimum absolute atomic E-state index is 0.0320. The molecule has 32 heavy (non-hydrogen) atoms. The zero-order valence-corrected chi connectivity index (χ0v) is 18.5. The van der Waals surface area contributed by atoms with Crippen LogP contribution in [0.25, 0.3) is 11.2 Å². The number of aryl methyl sites for hydroxylation is 1. The molecule has 1 amide bonds. The summed E-state index contributed by atoms with van der Waals surface area (Å²) in [6.07, 6.45) is 3.30. The lowest BCUT2D eigenvalue weighted by Gasteiger charge is -2.17. The van der Waals surface area contributed by atoms with E-state index in [1.807, 2.05) is 18.4 Å². The monoisotopic (exact) mass is 439 g/mol. The third-order valence-corrected chi connectivity index (χ3v) is 6.14. The number of amides is 1. The number of carbonyl (C=O) groups is 1. The summed E-state index contributed by atoms with van der Waals surface area (Å²) < 4.78 is 11.3. The molecule has 0 unspecified atom stereocenters. The minimum atomic E-state index is -0.528. The molecule has 0 bridgehead atoms. The lowest BCUT2D eigenvalue weighted by molar-refractivity contribution is -0.116. The van der Waals surface area contributed by atoms with Gasteiger partial charge in [0.05, 0.1) is 24.5 Å². The Hall–Kier alpha value is -3.65. The molecular formula is C21H25N7O4. The van der Waals surface area contributed by atoms with E-state index in [1.165, 1.54) is 29.6 Å². The van der Waals surface area contributed by atoms with Crippen LogP contribution in [-0.4, -0.2) is 41.9 Å². The zero-order valence-electron chi connectivity index (χ0n) is 18.5. The third kappa shape index (κ3) is 3.42. The molecule has 1 N–H and O–H groups in total. The molecule has 0 spiro atoms. The predicted molar refractivity (Wildman–Crippen MR) is 116 cm³/mol. The molecule has 1 aliphatic rings. The Morgan fingerprint density at radius 2 is 2.06 bits per heavy atom. The van der Waals surface area contributed by atoms with E-state index in [4.69, 9.17) is 4.74 Å². The summed E-state index contributed by atoms with van der Waals surface area (Å²) in [7, 11) is 2.90. The first-order chi connectivity index (χ1) is 15.2. The zero-order chi connectivity index (χ0) is 23.2. The molecule has 3 aromatic rings. The van der Waals surface area contributed by atoms with Crippen LogP contribution in [0.15, 0.2) is 15.9 Å². The van der Waals surface area contributed by atoms with Crippen molar-refractivity contribution in [2.45, 2.75) is 45.9 Å². The van der Waals surface area contributed by atoms with Gasteiger partial charge in [0.2, 0.25) is 5.91 Å². The van der Waals surface area contributed by atoms with Gasteiger partial charge in [-0.2, -0.15) is 5.26 Å². The maximum absolute atomic E-state index is 13.0. The highest BCUT2D eigenvalue weighted by atomic mass is 16.5. The van der Waals surface area contributed by atoms with Crippen LogP contribution in [0.3, 0.4) is 0 Å². The van der Waals surface area contributed by atoms with Crippen molar-refractivity contribution < 1.29 is 9.53 Å². The molecule has 4 rings (SSSR count). The number of ether oxygens (including phenoxy) is 1. The summed E-state index contributed by atoms with van der Waals surface area (Å²) in [4.78, 5) is 41.8. The topological polar surface area (TPSA) is 129 Å². The number of hydrogen-bond acceptors (Lipinski definition) is 6. The van der Waals surface area contributed by atoms with Crippen LogP contribution >= 0.6 is 0 Å². The Labute approximate surface area is 183 Å². The summed E-state index contributed by atoms with van der Waals surface area (Å²) >= 11 is 0. The molecule has 3 aromatic heterocycles. The Bertz CT molecular complexity index is 1380. The molecule has 1 atom stereocenters. The molecular weight excluding hydrogens is 414 g/mol. The molecule has 11 heteroatoms. The van der Waals surface area contributed by atoms with Gasteiger partial charge in [0.15, 0.2) is 11.2 Å². The molecule has 0 radical (unpaired) electrons. The molecule has 0 aliphatic carbocycles. The molecule has 168 valence electrons. The number of aromatic nitrogens is 5. The van der Waals surface area contributed by atoms with Gasteiger partial charge in [0.1, 0.15) is 18.4 Å². The predicted octanol–water partition coefficient (Wildman–Crippen LogP) is 0.541. The Morgan fingerprint density at radius 3 is 2.72 bits per heavy atom. The van der Waals surface area contributed by atoms with E-state index in [-0.39, 0.29) is 23.8 Å². The Kier molecular flexibility index (Phi) is 5.48. The van der Waals surface area contributed by atoms with Crippen molar-refractivity contribution in [1.29, 1.82) is 5.26 Å². The average Bonchev–Trinajstić information content (AvgIpc) is 3.47. The second-order valence-corrected chi connectivity index (χ2v) is 8.09. The van der Waals surface area contributed by atoms with Gasteiger partial charge in [0.25, 0.3) is 5.56 Å². The fraction of sp³-hybridized carbons (Fsp3) is 0.476. The summed E-state index contributed by atoms with van der Waals surface area (Å²) in [5.41, 5.74) is 1.45. The van der Waals surface area contributed by atoms with Gasteiger partial charge < -0.3 is 19.2 Å². The van der Waals surface area contributed by atoms with Gasteiger partial charge >= 0.3 is 5.69 Å². The SMILES string of the molecule is Cc1c(C#N)c(NC(=O)Cn2cnc3c2c(=O)n(C)c(=O)n3C)n(C[C@@H]2CCCO2)c1C. The lowest BCUT2D eigenvalue weighted by Crippen LogP contribution is -2.37. The van der Waals surface area contributed by atoms with Crippen LogP contribution in [0.4, 0.5) is 5.82 Å². The maximum atomic E-state index is 13.0. The van der Waals surface area contributed by atoms with E-state index in [2.05, 4.69) is 16.4 Å². The number of imidazole rings is 1. The van der Waals surface area contributed by atoms with Gasteiger partial charge in [-0.3, -0.25) is 18.7 Å². The number of nitrogens with zero attached hydrogens (tertiary/aromatic N) is 6. The Morgan fingerprint density at radius 1 is 1.31 bits per heavy atom. The van der Waals surface area contributed by atoms with Gasteiger partial charge in [-0.15, -0.1) is 0 Å². The quantitative estimate of drug-likeness (QED) is 0.618. The number of hydrogen-bond donors (Lipinski definition) is 1. The maximum Gasteiger partial charge on any atom is 0.332 e. The van der Waals surface area contributed by atoms with Crippen LogP contribution in [0, 0.1) is 25.2 Å². The molecule has 1 fully saturated rings. The fourth-order valence-electron chi connectivity index (χ4n) is 4.19. The Balaban J connectivity index is 1.67. The van der Waals surface area contributed by atoms with E-state index in [0.29, 0.717) is 24.5 Å². The molecule has 1 saturated heterocycles. The number of rotatable bonds is 5. The minimum Gasteiger partial charge on any atom is -0.376 e. The highest BCUT2D eigenvalue weighted by Gasteiger charge is 2.24. The van der Waals surface area contributed by atoms with Crippen LogP contribution in [0.2, 0.25) is 0 Å². The number of nitriles is 1. The first kappa shape index (κ1) is 21.6. The van der Waals surface area contributed by atoms with Crippen LogP contribution in [0.1, 0.15) is 29.7 Å². The van der Waals surface area contributed by atoms with Gasteiger partial charge in [-0.1, -0.05) is 0 Å². The standard InChI is InChI=1S/C21H25N7O4/c1-12-13(2)28(9-14-6-5-7-32-14)18(15(12)8-22)24-16(29)10-27-11-23-19-17(27)20(30)26(4)21(31)25(19)3/h11,14H,5-7,9-10H2,1-4H3,(H,24,29)/t14-/m0/s1. The van der Waals surface area contributed by atoms with Gasteiger partial charge in [-0.25, -0.2) is 9.78 Å². The van der Waals surface area contributed by atoms with E-state index in [1.54, 1.807) is 0 Å². The fourth-order valence-corrected chi connectivity index (χ4v) is 4.19. The van der Waals surface area contributed by atoms with Crippen LogP contribution < -0.4 is 16.6 Å². The van der Waals surface area contributed by atoms with Crippen molar-refractivity contribution in [3.63, 3.8) is 0 Å². The molecule has 11 nitrogen and oxygen atoms in total. The molecule has 0 saturated carbocycles. The van der Waals surface area contributed by atoms with Gasteiger partial charge in [-0.05, 0) is 32.3 Å². The second kappa shape index (κ2) is 8.12. The van der Waals surface area contributed by atoms with Crippen molar-refractivity contribution in [2.24, 2.45) is 14.1 Å². The van der Waals surface area contributed by atoms with E-state index < -0.39 is 17.2 Å². The number of nitrogens with one attached hydrogen (secondary N) is 1. The summed E-state index contributed by atoms with van der Waals surface area (Å²) in [6, 6.07) is 2.19. The lowest BCUT2D eigenvalue weighted by atomic mass is 10.2. The molecule has 4 heterocycles. The first-order valence-corrected chi connectivity index (χ1v) is 10.4. The van der Waals surface area contributed by atoms with Crippen LogP contribution in [0.5, 0.6) is 0 Å². The smallest absolute Gasteiger partial charge is 0.332 e. The molecule has 0 aromatic carbocycles.